The van der Waals surface area contributed by atoms with Gasteiger partial charge in [0.05, 0.1) is 40.5 Å². The molecule has 4 unspecified atom stereocenters. The highest BCUT2D eigenvalue weighted by molar-refractivity contribution is 9.12. The molecule has 10 nitrogen and oxygen atoms in total. The molecule has 0 radical (unpaired) electrons. The number of phenolic OH excluding ortho intramolecular Hbond substituents is 1. The van der Waals surface area contributed by atoms with Crippen LogP contribution in [0.2, 0.25) is 0 Å². The van der Waals surface area contributed by atoms with Crippen LogP contribution in [0.4, 0.5) is 22.7 Å². The number of methoxy groups -OCH3 is 1. The Balaban J connectivity index is 1.22. The van der Waals surface area contributed by atoms with Crippen LogP contribution >= 0.6 is 31.9 Å². The number of anilines is 2. The first-order valence-electron chi connectivity index (χ1n) is 15.6. The van der Waals surface area contributed by atoms with Gasteiger partial charge in [-0.2, -0.15) is 10.2 Å². The fourth-order valence-electron chi connectivity index (χ4n) is 7.39. The van der Waals surface area contributed by atoms with E-state index in [0.717, 1.165) is 11.3 Å². The van der Waals surface area contributed by atoms with Crippen LogP contribution in [0.3, 0.4) is 0 Å². The zero-order valence-corrected chi connectivity index (χ0v) is 29.9. The van der Waals surface area contributed by atoms with Gasteiger partial charge in [-0.25, -0.2) is 0 Å². The van der Waals surface area contributed by atoms with Crippen molar-refractivity contribution in [2.75, 3.05) is 31.0 Å². The highest BCUT2D eigenvalue weighted by Crippen LogP contribution is 2.57. The van der Waals surface area contributed by atoms with Gasteiger partial charge in [0.1, 0.15) is 0 Å². The molecule has 1 aliphatic heterocycles. The third kappa shape index (κ3) is 5.56. The Kier molecular flexibility index (Phi) is 8.48. The minimum atomic E-state index is -0.824. The molecule has 12 heteroatoms. The normalized spacial score (nSPS) is 23.3. The number of carbonyl (C=O) groups is 4. The topological polar surface area (TPSA) is 129 Å². The second kappa shape index (κ2) is 12.6. The molecule has 4 aliphatic rings. The second-order valence-electron chi connectivity index (χ2n) is 12.6. The molecule has 248 valence electrons. The van der Waals surface area contributed by atoms with Crippen LogP contribution in [-0.4, -0.2) is 49.7 Å². The van der Waals surface area contributed by atoms with E-state index in [4.69, 9.17) is 4.74 Å². The van der Waals surface area contributed by atoms with Gasteiger partial charge in [0.15, 0.2) is 23.1 Å². The maximum Gasteiger partial charge on any atom is 0.238 e. The number of aromatic hydroxyl groups is 1. The smallest absolute Gasteiger partial charge is 0.238 e. The van der Waals surface area contributed by atoms with Crippen molar-refractivity contribution in [2.24, 2.45) is 28.0 Å². The van der Waals surface area contributed by atoms with E-state index in [9.17, 15) is 24.3 Å². The first-order chi connectivity index (χ1) is 23.5. The number of hydrogen-bond acceptors (Lipinski definition) is 9. The SMILES string of the molecule is COc1cc(Br)cc(C2C3=CCC4C(=O)N(c5ccc(N=Nc6ccc(N(C)C)cc6)cc5)C(=O)C4C3CC3=C2C(=O)C=C(Br)C3=O)c1O. The number of azo groups is 1. The lowest BCUT2D eigenvalue weighted by Gasteiger charge is -2.42. The van der Waals surface area contributed by atoms with Gasteiger partial charge in [-0.05, 0) is 95.4 Å². The number of fused-ring (bicyclic) bond motifs is 3. The molecule has 49 heavy (non-hydrogen) atoms. The lowest BCUT2D eigenvalue weighted by molar-refractivity contribution is -0.123. The summed E-state index contributed by atoms with van der Waals surface area (Å²) in [6.45, 7) is 0. The van der Waals surface area contributed by atoms with Crippen molar-refractivity contribution in [3.05, 3.63) is 104 Å². The number of Topliss-reactive ketones (excluding diaryl/α,β-unsaturated/α-hetero) is 1. The highest BCUT2D eigenvalue weighted by Gasteiger charge is 2.57. The molecule has 3 aromatic carbocycles. The van der Waals surface area contributed by atoms with Crippen molar-refractivity contribution in [1.82, 2.24) is 0 Å². The monoisotopic (exact) mass is 784 g/mol. The van der Waals surface area contributed by atoms with E-state index in [0.29, 0.717) is 27.1 Å². The molecule has 0 saturated carbocycles. The Labute approximate surface area is 299 Å². The van der Waals surface area contributed by atoms with Crippen molar-refractivity contribution >= 4 is 78.0 Å². The summed E-state index contributed by atoms with van der Waals surface area (Å²) in [5, 5.41) is 19.9. The molecule has 0 bridgehead atoms. The van der Waals surface area contributed by atoms with Gasteiger partial charge in [0.25, 0.3) is 0 Å². The molecule has 1 saturated heterocycles. The Morgan fingerprint density at radius 2 is 1.55 bits per heavy atom. The number of rotatable bonds is 6. The summed E-state index contributed by atoms with van der Waals surface area (Å²) in [6.07, 6.45) is 3.54. The average Bonchev–Trinajstić information content (AvgIpc) is 3.35. The summed E-state index contributed by atoms with van der Waals surface area (Å²) in [4.78, 5) is 58.5. The Hall–Kier alpha value is -4.68. The highest BCUT2D eigenvalue weighted by atomic mass is 79.9. The summed E-state index contributed by atoms with van der Waals surface area (Å²) in [5.74, 6) is -4.18. The van der Waals surface area contributed by atoms with Crippen molar-refractivity contribution in [2.45, 2.75) is 18.8 Å². The lowest BCUT2D eigenvalue weighted by atomic mass is 9.59. The van der Waals surface area contributed by atoms with Crippen LogP contribution in [-0.2, 0) is 19.2 Å². The third-order valence-electron chi connectivity index (χ3n) is 9.69. The Bertz CT molecular complexity index is 2070. The van der Waals surface area contributed by atoms with Gasteiger partial charge in [-0.3, -0.25) is 24.1 Å². The molecule has 1 heterocycles. The number of benzene rings is 3. The van der Waals surface area contributed by atoms with E-state index >= 15 is 0 Å². The molecular weight excluding hydrogens is 756 g/mol. The molecule has 4 atom stereocenters. The number of ketones is 2. The molecule has 3 aliphatic carbocycles. The number of nitrogens with zero attached hydrogens (tertiary/aromatic N) is 4. The fourth-order valence-corrected chi connectivity index (χ4v) is 8.29. The number of ether oxygens (including phenoxy) is 1. The maximum absolute atomic E-state index is 14.3. The van der Waals surface area contributed by atoms with Crippen LogP contribution in [0.15, 0.2) is 109 Å². The van der Waals surface area contributed by atoms with Crippen LogP contribution in [0, 0.1) is 17.8 Å². The molecule has 7 rings (SSSR count). The minimum Gasteiger partial charge on any atom is -0.504 e. The van der Waals surface area contributed by atoms with Crippen LogP contribution in [0.25, 0.3) is 0 Å². The molecular formula is C37H30Br2N4O6. The van der Waals surface area contributed by atoms with Gasteiger partial charge in [0.2, 0.25) is 11.8 Å². The third-order valence-corrected chi connectivity index (χ3v) is 10.7. The standard InChI is InChI=1S/C37H30Br2N4O6/c1-42(2)21-8-4-19(5-9-21)40-41-20-6-10-22(11-7-20)43-36(47)24-13-12-23-25(32(24)37(43)48)16-27-33(29(44)17-28(39)34(27)45)31(23)26-14-18(38)15-30(49-3)35(26)46/h4-12,14-15,17,24-25,31-32,46H,13,16H2,1-3H3. The molecule has 0 aromatic heterocycles. The first kappa shape index (κ1) is 32.8. The summed E-state index contributed by atoms with van der Waals surface area (Å²) >= 11 is 6.72. The number of amides is 2. The number of carbonyl (C=O) groups excluding carboxylic acids is 4. The van der Waals surface area contributed by atoms with Crippen LogP contribution in [0.1, 0.15) is 24.3 Å². The van der Waals surface area contributed by atoms with E-state index < -0.39 is 23.7 Å². The second-order valence-corrected chi connectivity index (χ2v) is 14.3. The predicted molar refractivity (Wildman–Crippen MR) is 191 cm³/mol. The lowest BCUT2D eigenvalue weighted by Crippen LogP contribution is -2.39. The van der Waals surface area contributed by atoms with E-state index in [1.807, 2.05) is 49.3 Å². The zero-order valence-electron chi connectivity index (χ0n) is 26.7. The van der Waals surface area contributed by atoms with Crippen molar-refractivity contribution < 1.29 is 29.0 Å². The summed E-state index contributed by atoms with van der Waals surface area (Å²) in [5.41, 5.74) is 4.32. The van der Waals surface area contributed by atoms with Crippen molar-refractivity contribution in [3.8, 4) is 11.5 Å². The minimum absolute atomic E-state index is 0.111. The number of phenols is 1. The summed E-state index contributed by atoms with van der Waals surface area (Å²) < 4.78 is 6.14. The molecule has 0 spiro atoms. The van der Waals surface area contributed by atoms with Gasteiger partial charge >= 0.3 is 0 Å². The van der Waals surface area contributed by atoms with Crippen molar-refractivity contribution in [1.29, 1.82) is 0 Å². The molecule has 1 N–H and O–H groups in total. The van der Waals surface area contributed by atoms with E-state index in [-0.39, 0.29) is 63.4 Å². The molecule has 2 amide bonds. The zero-order chi connectivity index (χ0) is 34.7. The largest absolute Gasteiger partial charge is 0.504 e. The van der Waals surface area contributed by atoms with E-state index in [1.54, 1.807) is 36.4 Å². The van der Waals surface area contributed by atoms with Gasteiger partial charge in [-0.15, -0.1) is 0 Å². The molecule has 3 aromatic rings. The van der Waals surface area contributed by atoms with Gasteiger partial charge in [-0.1, -0.05) is 27.6 Å². The van der Waals surface area contributed by atoms with Crippen molar-refractivity contribution in [3.63, 3.8) is 0 Å². The van der Waals surface area contributed by atoms with Crippen LogP contribution in [0.5, 0.6) is 11.5 Å². The predicted octanol–water partition coefficient (Wildman–Crippen LogP) is 7.61. The van der Waals surface area contributed by atoms with Crippen LogP contribution < -0.4 is 14.5 Å². The Morgan fingerprint density at radius 3 is 2.18 bits per heavy atom. The van der Waals surface area contributed by atoms with E-state index in [1.165, 1.54) is 18.1 Å². The maximum atomic E-state index is 14.3. The fraction of sp³-hybridized carbons (Fsp3) is 0.243. The summed E-state index contributed by atoms with van der Waals surface area (Å²) in [6, 6.07) is 17.7. The van der Waals surface area contributed by atoms with E-state index in [2.05, 4.69) is 42.1 Å². The first-order valence-corrected chi connectivity index (χ1v) is 17.2. The molecule has 1 fully saturated rings. The summed E-state index contributed by atoms with van der Waals surface area (Å²) in [7, 11) is 5.35. The number of hydrogen-bond donors (Lipinski definition) is 1. The number of halogens is 2. The number of imide groups is 1. The van der Waals surface area contributed by atoms with Gasteiger partial charge < -0.3 is 14.7 Å². The number of allylic oxidation sites excluding steroid dienone is 6. The average molecular weight is 786 g/mol. The van der Waals surface area contributed by atoms with Gasteiger partial charge in [0, 0.05) is 53.0 Å². The Morgan fingerprint density at radius 1 is 0.898 bits per heavy atom. The quantitative estimate of drug-likeness (QED) is 0.118.